The summed E-state index contributed by atoms with van der Waals surface area (Å²) in [5.41, 5.74) is 3.24. The topological polar surface area (TPSA) is 32.3 Å². The van der Waals surface area contributed by atoms with Crippen molar-refractivity contribution in [1.82, 2.24) is 5.32 Å². The molecule has 0 bridgehead atoms. The first-order chi connectivity index (χ1) is 9.68. The number of nitrogens with one attached hydrogen (secondary N) is 1. The Morgan fingerprint density at radius 2 is 1.60 bits per heavy atom. The molecule has 1 unspecified atom stereocenters. The van der Waals surface area contributed by atoms with Gasteiger partial charge in [-0.1, -0.05) is 61.5 Å². The van der Waals surface area contributed by atoms with E-state index in [0.717, 1.165) is 18.5 Å². The monoisotopic (exact) mass is 269 g/mol. The third-order valence-electron chi connectivity index (χ3n) is 3.84. The maximum Gasteiger partial charge on any atom is 0.0652 e. The van der Waals surface area contributed by atoms with Gasteiger partial charge in [0, 0.05) is 6.54 Å². The van der Waals surface area contributed by atoms with E-state index in [4.69, 9.17) is 0 Å². The van der Waals surface area contributed by atoms with Crippen LogP contribution in [0.15, 0.2) is 54.6 Å². The first-order valence-corrected chi connectivity index (χ1v) is 7.17. The normalized spacial score (nSPS) is 13.9. The Morgan fingerprint density at radius 3 is 2.15 bits per heavy atom. The number of aryl methyl sites for hydroxylation is 1. The Balaban J connectivity index is 2.11. The lowest BCUT2D eigenvalue weighted by molar-refractivity contribution is 0.173. The molecule has 0 aliphatic carbocycles. The minimum absolute atomic E-state index is 0.0747. The molecule has 20 heavy (non-hydrogen) atoms. The maximum atomic E-state index is 9.78. The van der Waals surface area contributed by atoms with Crippen molar-refractivity contribution in [2.45, 2.75) is 32.4 Å². The second-order valence-electron chi connectivity index (χ2n) is 5.38. The van der Waals surface area contributed by atoms with Crippen LogP contribution in [0.5, 0.6) is 0 Å². The van der Waals surface area contributed by atoms with Gasteiger partial charge in [-0.25, -0.2) is 0 Å². The molecule has 2 rings (SSSR count). The molecule has 0 fully saturated rings. The summed E-state index contributed by atoms with van der Waals surface area (Å²) in [5, 5.41) is 13.2. The quantitative estimate of drug-likeness (QED) is 0.843. The fourth-order valence-corrected chi connectivity index (χ4v) is 2.25. The minimum Gasteiger partial charge on any atom is -0.394 e. The average Bonchev–Trinajstić information content (AvgIpc) is 2.53. The van der Waals surface area contributed by atoms with Gasteiger partial charge >= 0.3 is 0 Å². The van der Waals surface area contributed by atoms with Gasteiger partial charge in [0.1, 0.15) is 0 Å². The highest BCUT2D eigenvalue weighted by Crippen LogP contribution is 2.21. The van der Waals surface area contributed by atoms with Gasteiger partial charge < -0.3 is 10.4 Å². The van der Waals surface area contributed by atoms with Crippen molar-refractivity contribution in [2.75, 3.05) is 6.61 Å². The molecule has 1 atom stereocenters. The zero-order chi connectivity index (χ0) is 14.4. The van der Waals surface area contributed by atoms with Crippen LogP contribution in [0.4, 0.5) is 0 Å². The van der Waals surface area contributed by atoms with Crippen molar-refractivity contribution < 1.29 is 5.11 Å². The smallest absolute Gasteiger partial charge is 0.0652 e. The molecule has 0 amide bonds. The molecule has 106 valence electrons. The molecular weight excluding hydrogens is 246 g/mol. The van der Waals surface area contributed by atoms with E-state index < -0.39 is 5.54 Å². The van der Waals surface area contributed by atoms with Crippen LogP contribution in [0, 0.1) is 0 Å². The van der Waals surface area contributed by atoms with Crippen LogP contribution in [0.1, 0.15) is 30.5 Å². The molecule has 0 spiro atoms. The summed E-state index contributed by atoms with van der Waals surface area (Å²) in [6.45, 7) is 5.00. The van der Waals surface area contributed by atoms with Crippen molar-refractivity contribution >= 4 is 0 Å². The highest BCUT2D eigenvalue weighted by Gasteiger charge is 2.24. The van der Waals surface area contributed by atoms with Gasteiger partial charge in [0.05, 0.1) is 12.1 Å². The first-order valence-electron chi connectivity index (χ1n) is 7.17. The predicted octanol–water partition coefficient (Wildman–Crippen LogP) is 3.25. The Bertz CT molecular complexity index is 521. The summed E-state index contributed by atoms with van der Waals surface area (Å²) < 4.78 is 0. The fourth-order valence-electron chi connectivity index (χ4n) is 2.25. The molecule has 0 radical (unpaired) electrons. The SMILES string of the molecule is CCc1ccc(C(C)(CO)NCc2ccccc2)cc1. The van der Waals surface area contributed by atoms with Gasteiger partial charge in [0.25, 0.3) is 0 Å². The number of benzene rings is 2. The zero-order valence-electron chi connectivity index (χ0n) is 12.3. The van der Waals surface area contributed by atoms with Crippen LogP contribution in [0.3, 0.4) is 0 Å². The Kier molecular flexibility index (Phi) is 4.94. The minimum atomic E-state index is -0.415. The van der Waals surface area contributed by atoms with E-state index >= 15 is 0 Å². The van der Waals surface area contributed by atoms with Gasteiger partial charge in [0.15, 0.2) is 0 Å². The van der Waals surface area contributed by atoms with E-state index in [1.807, 2.05) is 25.1 Å². The van der Waals surface area contributed by atoms with Gasteiger partial charge in [0.2, 0.25) is 0 Å². The highest BCUT2D eigenvalue weighted by atomic mass is 16.3. The molecule has 2 N–H and O–H groups in total. The Hall–Kier alpha value is -1.64. The third-order valence-corrected chi connectivity index (χ3v) is 3.84. The van der Waals surface area contributed by atoms with Crippen molar-refractivity contribution in [3.05, 3.63) is 71.3 Å². The molecule has 0 saturated carbocycles. The van der Waals surface area contributed by atoms with Crippen molar-refractivity contribution in [3.63, 3.8) is 0 Å². The van der Waals surface area contributed by atoms with Crippen LogP contribution < -0.4 is 5.32 Å². The molecule has 0 aromatic heterocycles. The Morgan fingerprint density at radius 1 is 0.950 bits per heavy atom. The molecule has 2 aromatic carbocycles. The van der Waals surface area contributed by atoms with Crippen LogP contribution in [-0.4, -0.2) is 11.7 Å². The summed E-state index contributed by atoms with van der Waals surface area (Å²) in [6, 6.07) is 18.7. The van der Waals surface area contributed by atoms with E-state index in [9.17, 15) is 5.11 Å². The Labute approximate surface area is 121 Å². The van der Waals surface area contributed by atoms with Gasteiger partial charge in [-0.2, -0.15) is 0 Å². The van der Waals surface area contributed by atoms with Crippen molar-refractivity contribution in [1.29, 1.82) is 0 Å². The number of rotatable bonds is 6. The van der Waals surface area contributed by atoms with Gasteiger partial charge in [-0.15, -0.1) is 0 Å². The van der Waals surface area contributed by atoms with Crippen LogP contribution in [0.2, 0.25) is 0 Å². The number of hydrogen-bond donors (Lipinski definition) is 2. The summed E-state index contributed by atoms with van der Waals surface area (Å²) in [4.78, 5) is 0. The number of aliphatic hydroxyl groups is 1. The van der Waals surface area contributed by atoms with Crippen LogP contribution in [0.25, 0.3) is 0 Å². The highest BCUT2D eigenvalue weighted by molar-refractivity contribution is 5.28. The standard InChI is InChI=1S/C18H23NO/c1-3-15-9-11-17(12-10-15)18(2,14-20)19-13-16-7-5-4-6-8-16/h4-12,19-20H,3,13-14H2,1-2H3. The summed E-state index contributed by atoms with van der Waals surface area (Å²) >= 11 is 0. The maximum absolute atomic E-state index is 9.78. The fraction of sp³-hybridized carbons (Fsp3) is 0.333. The number of hydrogen-bond acceptors (Lipinski definition) is 2. The predicted molar refractivity (Wildman–Crippen MR) is 83.5 cm³/mol. The molecule has 0 aliphatic heterocycles. The molecule has 0 saturated heterocycles. The van der Waals surface area contributed by atoms with E-state index in [1.165, 1.54) is 11.1 Å². The molecule has 2 aromatic rings. The lowest BCUT2D eigenvalue weighted by Crippen LogP contribution is -2.42. The molecule has 2 nitrogen and oxygen atoms in total. The van der Waals surface area contributed by atoms with Crippen LogP contribution >= 0.6 is 0 Å². The van der Waals surface area contributed by atoms with E-state index in [-0.39, 0.29) is 6.61 Å². The van der Waals surface area contributed by atoms with E-state index in [1.54, 1.807) is 0 Å². The number of aliphatic hydroxyl groups excluding tert-OH is 1. The van der Waals surface area contributed by atoms with Gasteiger partial charge in [-0.05, 0) is 30.0 Å². The zero-order valence-corrected chi connectivity index (χ0v) is 12.3. The van der Waals surface area contributed by atoms with E-state index in [0.29, 0.717) is 0 Å². The second kappa shape index (κ2) is 6.69. The largest absolute Gasteiger partial charge is 0.394 e. The molecule has 0 heterocycles. The summed E-state index contributed by atoms with van der Waals surface area (Å²) in [7, 11) is 0. The van der Waals surface area contributed by atoms with Gasteiger partial charge in [-0.3, -0.25) is 0 Å². The molecule has 0 aliphatic rings. The molecule has 2 heteroatoms. The summed E-state index contributed by atoms with van der Waals surface area (Å²) in [5.74, 6) is 0. The van der Waals surface area contributed by atoms with E-state index in [2.05, 4.69) is 48.6 Å². The lowest BCUT2D eigenvalue weighted by atomic mass is 9.91. The summed E-state index contributed by atoms with van der Waals surface area (Å²) in [6.07, 6.45) is 1.04. The average molecular weight is 269 g/mol. The van der Waals surface area contributed by atoms with Crippen molar-refractivity contribution in [3.8, 4) is 0 Å². The second-order valence-corrected chi connectivity index (χ2v) is 5.38. The molecular formula is C18H23NO. The third kappa shape index (κ3) is 3.47. The van der Waals surface area contributed by atoms with Crippen molar-refractivity contribution in [2.24, 2.45) is 0 Å². The first kappa shape index (κ1) is 14.8. The van der Waals surface area contributed by atoms with Crippen LogP contribution in [-0.2, 0) is 18.5 Å². The lowest BCUT2D eigenvalue weighted by Gasteiger charge is -2.30.